The van der Waals surface area contributed by atoms with E-state index in [0.29, 0.717) is 6.54 Å². The van der Waals surface area contributed by atoms with Crippen molar-refractivity contribution in [3.63, 3.8) is 0 Å². The first-order valence-corrected chi connectivity index (χ1v) is 6.68. The molecule has 2 rings (SSSR count). The van der Waals surface area contributed by atoms with Gasteiger partial charge in [0, 0.05) is 17.0 Å². The van der Waals surface area contributed by atoms with Crippen LogP contribution in [-0.4, -0.2) is 34.0 Å². The Hall–Kier alpha value is -1.26. The van der Waals surface area contributed by atoms with Crippen LogP contribution in [0.4, 0.5) is 0 Å². The lowest BCUT2D eigenvalue weighted by molar-refractivity contribution is -0.0661. The SMILES string of the molecule is COc1cc(C)c(C2(CCCN)COC2)c(OC)c1. The lowest BCUT2D eigenvalue weighted by atomic mass is 9.72. The summed E-state index contributed by atoms with van der Waals surface area (Å²) in [6, 6.07) is 4.01. The van der Waals surface area contributed by atoms with Gasteiger partial charge in [-0.1, -0.05) is 0 Å². The molecule has 1 aromatic carbocycles. The van der Waals surface area contributed by atoms with Crippen molar-refractivity contribution in [2.24, 2.45) is 5.73 Å². The van der Waals surface area contributed by atoms with Crippen molar-refractivity contribution in [3.05, 3.63) is 23.3 Å². The molecule has 0 saturated carbocycles. The molecule has 0 bridgehead atoms. The summed E-state index contributed by atoms with van der Waals surface area (Å²) in [4.78, 5) is 0. The second-order valence-electron chi connectivity index (χ2n) is 5.19. The molecule has 0 unspecified atom stereocenters. The van der Waals surface area contributed by atoms with Gasteiger partial charge < -0.3 is 19.9 Å². The summed E-state index contributed by atoms with van der Waals surface area (Å²) in [7, 11) is 3.37. The normalized spacial score (nSPS) is 16.8. The Balaban J connectivity index is 2.41. The first kappa shape index (κ1) is 14.2. The van der Waals surface area contributed by atoms with Gasteiger partial charge in [0.05, 0.1) is 27.4 Å². The molecular formula is C15H23NO3. The van der Waals surface area contributed by atoms with Crippen LogP contribution in [0.25, 0.3) is 0 Å². The van der Waals surface area contributed by atoms with Crippen molar-refractivity contribution in [2.45, 2.75) is 25.2 Å². The predicted molar refractivity (Wildman–Crippen MR) is 75.1 cm³/mol. The van der Waals surface area contributed by atoms with Crippen molar-refractivity contribution < 1.29 is 14.2 Å². The number of benzene rings is 1. The van der Waals surface area contributed by atoms with E-state index in [1.807, 2.05) is 6.07 Å². The summed E-state index contributed by atoms with van der Waals surface area (Å²) in [5.41, 5.74) is 8.15. The highest BCUT2D eigenvalue weighted by Gasteiger charge is 2.42. The first-order chi connectivity index (χ1) is 9.16. The third-order valence-corrected chi connectivity index (χ3v) is 3.87. The van der Waals surface area contributed by atoms with Gasteiger partial charge in [0.2, 0.25) is 0 Å². The van der Waals surface area contributed by atoms with Gasteiger partial charge in [-0.15, -0.1) is 0 Å². The average Bonchev–Trinajstić information content (AvgIpc) is 2.38. The molecule has 0 atom stereocenters. The second-order valence-corrected chi connectivity index (χ2v) is 5.19. The number of nitrogens with two attached hydrogens (primary N) is 1. The Labute approximate surface area is 114 Å². The highest BCUT2D eigenvalue weighted by molar-refractivity contribution is 5.51. The van der Waals surface area contributed by atoms with E-state index in [0.717, 1.165) is 37.6 Å². The summed E-state index contributed by atoms with van der Waals surface area (Å²) in [6.45, 7) is 4.30. The number of ether oxygens (including phenoxy) is 3. The van der Waals surface area contributed by atoms with Crippen LogP contribution >= 0.6 is 0 Å². The Kier molecular flexibility index (Phi) is 4.32. The average molecular weight is 265 g/mol. The van der Waals surface area contributed by atoms with E-state index in [-0.39, 0.29) is 5.41 Å². The molecule has 1 aliphatic heterocycles. The van der Waals surface area contributed by atoms with Crippen LogP contribution < -0.4 is 15.2 Å². The second kappa shape index (κ2) is 5.80. The van der Waals surface area contributed by atoms with Gasteiger partial charge >= 0.3 is 0 Å². The van der Waals surface area contributed by atoms with E-state index < -0.39 is 0 Å². The van der Waals surface area contributed by atoms with Gasteiger partial charge in [-0.25, -0.2) is 0 Å². The fourth-order valence-corrected chi connectivity index (χ4v) is 2.88. The zero-order valence-corrected chi connectivity index (χ0v) is 12.0. The van der Waals surface area contributed by atoms with Gasteiger partial charge in [0.15, 0.2) is 0 Å². The molecule has 19 heavy (non-hydrogen) atoms. The minimum atomic E-state index is 0.0566. The Bertz CT molecular complexity index is 441. The van der Waals surface area contributed by atoms with Gasteiger partial charge in [-0.05, 0) is 37.9 Å². The minimum absolute atomic E-state index is 0.0566. The fourth-order valence-electron chi connectivity index (χ4n) is 2.88. The van der Waals surface area contributed by atoms with Crippen molar-refractivity contribution >= 4 is 0 Å². The Morgan fingerprint density at radius 2 is 2.00 bits per heavy atom. The maximum absolute atomic E-state index is 5.65. The van der Waals surface area contributed by atoms with Crippen LogP contribution in [0.1, 0.15) is 24.0 Å². The molecule has 106 valence electrons. The van der Waals surface area contributed by atoms with Crippen molar-refractivity contribution in [2.75, 3.05) is 34.0 Å². The summed E-state index contributed by atoms with van der Waals surface area (Å²) >= 11 is 0. The van der Waals surface area contributed by atoms with Crippen LogP contribution in [0.2, 0.25) is 0 Å². The lowest BCUT2D eigenvalue weighted by Crippen LogP contribution is -2.47. The molecule has 4 heteroatoms. The van der Waals surface area contributed by atoms with Crippen LogP contribution in [0.3, 0.4) is 0 Å². The van der Waals surface area contributed by atoms with Crippen LogP contribution in [0.15, 0.2) is 12.1 Å². The van der Waals surface area contributed by atoms with Crippen molar-refractivity contribution in [1.82, 2.24) is 0 Å². The number of rotatable bonds is 6. The van der Waals surface area contributed by atoms with Gasteiger partial charge in [-0.2, -0.15) is 0 Å². The maximum atomic E-state index is 5.65. The molecule has 0 radical (unpaired) electrons. The zero-order valence-electron chi connectivity index (χ0n) is 12.0. The first-order valence-electron chi connectivity index (χ1n) is 6.68. The van der Waals surface area contributed by atoms with Gasteiger partial charge in [-0.3, -0.25) is 0 Å². The highest BCUT2D eigenvalue weighted by Crippen LogP contribution is 2.44. The molecule has 2 N–H and O–H groups in total. The molecule has 0 aliphatic carbocycles. The van der Waals surface area contributed by atoms with Crippen LogP contribution in [0.5, 0.6) is 11.5 Å². The van der Waals surface area contributed by atoms with Gasteiger partial charge in [0.1, 0.15) is 11.5 Å². The molecular weight excluding hydrogens is 242 g/mol. The van der Waals surface area contributed by atoms with Gasteiger partial charge in [0.25, 0.3) is 0 Å². The highest BCUT2D eigenvalue weighted by atomic mass is 16.5. The summed E-state index contributed by atoms with van der Waals surface area (Å²) in [5, 5.41) is 0. The fraction of sp³-hybridized carbons (Fsp3) is 0.600. The number of hydrogen-bond acceptors (Lipinski definition) is 4. The molecule has 1 aliphatic rings. The topological polar surface area (TPSA) is 53.7 Å². The molecule has 4 nitrogen and oxygen atoms in total. The number of aryl methyl sites for hydroxylation is 1. The summed E-state index contributed by atoms with van der Waals surface area (Å²) in [6.07, 6.45) is 2.03. The summed E-state index contributed by atoms with van der Waals surface area (Å²) < 4.78 is 16.3. The number of hydrogen-bond donors (Lipinski definition) is 1. The van der Waals surface area contributed by atoms with Crippen LogP contribution in [0, 0.1) is 6.92 Å². The van der Waals surface area contributed by atoms with E-state index in [1.54, 1.807) is 14.2 Å². The van der Waals surface area contributed by atoms with Crippen LogP contribution in [-0.2, 0) is 10.2 Å². The van der Waals surface area contributed by atoms with E-state index in [4.69, 9.17) is 19.9 Å². The largest absolute Gasteiger partial charge is 0.497 e. The van der Waals surface area contributed by atoms with E-state index in [9.17, 15) is 0 Å². The zero-order chi connectivity index (χ0) is 13.9. The molecule has 0 aromatic heterocycles. The maximum Gasteiger partial charge on any atom is 0.126 e. The monoisotopic (exact) mass is 265 g/mol. The van der Waals surface area contributed by atoms with Crippen molar-refractivity contribution in [1.29, 1.82) is 0 Å². The molecule has 1 aromatic rings. The summed E-state index contributed by atoms with van der Waals surface area (Å²) in [5.74, 6) is 1.71. The molecule has 0 spiro atoms. The predicted octanol–water partition coefficient (Wildman–Crippen LogP) is 2.02. The molecule has 0 amide bonds. The number of methoxy groups -OCH3 is 2. The smallest absolute Gasteiger partial charge is 0.126 e. The lowest BCUT2D eigenvalue weighted by Gasteiger charge is -2.43. The van der Waals surface area contributed by atoms with E-state index >= 15 is 0 Å². The van der Waals surface area contributed by atoms with E-state index in [2.05, 4.69) is 13.0 Å². The molecule has 1 fully saturated rings. The third-order valence-electron chi connectivity index (χ3n) is 3.87. The standard InChI is InChI=1S/C15H23NO3/c1-11-7-12(17-2)8-13(18-3)14(11)15(5-4-6-16)9-19-10-15/h7-8H,4-6,9-10,16H2,1-3H3. The Morgan fingerprint density at radius 1 is 1.26 bits per heavy atom. The third kappa shape index (κ3) is 2.55. The Morgan fingerprint density at radius 3 is 2.47 bits per heavy atom. The minimum Gasteiger partial charge on any atom is -0.497 e. The molecule has 1 heterocycles. The molecule has 1 saturated heterocycles. The van der Waals surface area contributed by atoms with E-state index in [1.165, 1.54) is 11.1 Å². The van der Waals surface area contributed by atoms with Crippen molar-refractivity contribution in [3.8, 4) is 11.5 Å². The quantitative estimate of drug-likeness (QED) is 0.855.